The molecule has 0 unspecified atom stereocenters. The Bertz CT molecular complexity index is 1780. The Hall–Kier alpha value is -4.82. The van der Waals surface area contributed by atoms with Crippen LogP contribution in [0.25, 0.3) is 38.3 Å². The first-order valence-electron chi connectivity index (χ1n) is 12.3. The predicted molar refractivity (Wildman–Crippen MR) is 153 cm³/mol. The van der Waals surface area contributed by atoms with E-state index in [-0.39, 0.29) is 0 Å². The fourth-order valence-electron chi connectivity index (χ4n) is 5.40. The third-order valence-electron chi connectivity index (χ3n) is 6.92. The molecule has 36 heavy (non-hydrogen) atoms. The molecule has 0 N–H and O–H groups in total. The van der Waals surface area contributed by atoms with Gasteiger partial charge in [0.05, 0.1) is 16.7 Å². The van der Waals surface area contributed by atoms with Crippen molar-refractivity contribution in [3.63, 3.8) is 0 Å². The highest BCUT2D eigenvalue weighted by Gasteiger charge is 2.23. The van der Waals surface area contributed by atoms with Crippen LogP contribution in [0.1, 0.15) is 0 Å². The van der Waals surface area contributed by atoms with Crippen molar-refractivity contribution in [1.82, 2.24) is 4.57 Å². The van der Waals surface area contributed by atoms with Crippen LogP contribution in [-0.2, 0) is 0 Å². The molecular formula is C34H24N2. The van der Waals surface area contributed by atoms with Gasteiger partial charge in [0, 0.05) is 33.2 Å². The lowest BCUT2D eigenvalue weighted by atomic mass is 10.0. The minimum absolute atomic E-state index is 1.13. The molecule has 0 aliphatic heterocycles. The van der Waals surface area contributed by atoms with Gasteiger partial charge in [-0.3, -0.25) is 0 Å². The molecule has 0 radical (unpaired) electrons. The smallest absolute Gasteiger partial charge is 0.0789 e. The maximum atomic E-state index is 2.42. The summed E-state index contributed by atoms with van der Waals surface area (Å²) >= 11 is 0. The fourth-order valence-corrected chi connectivity index (χ4v) is 5.40. The Kier molecular flexibility index (Phi) is 4.82. The van der Waals surface area contributed by atoms with E-state index in [1.165, 1.54) is 38.3 Å². The third-order valence-corrected chi connectivity index (χ3v) is 6.92. The van der Waals surface area contributed by atoms with Crippen LogP contribution in [0.2, 0.25) is 0 Å². The summed E-state index contributed by atoms with van der Waals surface area (Å²) < 4.78 is 2.42. The van der Waals surface area contributed by atoms with E-state index >= 15 is 0 Å². The van der Waals surface area contributed by atoms with Crippen LogP contribution in [0, 0.1) is 0 Å². The minimum atomic E-state index is 1.13. The number of benzene rings is 6. The summed E-state index contributed by atoms with van der Waals surface area (Å²) in [5.41, 5.74) is 7.00. The molecule has 0 fully saturated rings. The first kappa shape index (κ1) is 20.5. The maximum absolute atomic E-state index is 2.42. The van der Waals surface area contributed by atoms with Gasteiger partial charge >= 0.3 is 0 Å². The van der Waals surface area contributed by atoms with E-state index in [2.05, 4.69) is 155 Å². The third kappa shape index (κ3) is 3.19. The average molecular weight is 461 g/mol. The zero-order valence-electron chi connectivity index (χ0n) is 19.8. The summed E-state index contributed by atoms with van der Waals surface area (Å²) in [6, 6.07) is 51.9. The summed E-state index contributed by atoms with van der Waals surface area (Å²) in [5.74, 6) is 0. The van der Waals surface area contributed by atoms with Crippen molar-refractivity contribution in [2.24, 2.45) is 0 Å². The Labute approximate surface area is 210 Å². The lowest BCUT2D eigenvalue weighted by Gasteiger charge is -2.28. The normalized spacial score (nSPS) is 11.3. The minimum Gasteiger partial charge on any atom is -0.308 e. The Morgan fingerprint density at radius 2 is 0.972 bits per heavy atom. The molecule has 1 heterocycles. The predicted octanol–water partition coefficient (Wildman–Crippen LogP) is 9.41. The van der Waals surface area contributed by atoms with Gasteiger partial charge in [-0.2, -0.15) is 0 Å². The fraction of sp³-hybridized carbons (Fsp3) is 0. The molecule has 1 aromatic heterocycles. The van der Waals surface area contributed by atoms with Gasteiger partial charge in [0.1, 0.15) is 0 Å². The average Bonchev–Trinajstić information content (AvgIpc) is 3.28. The monoisotopic (exact) mass is 460 g/mol. The molecule has 0 saturated carbocycles. The SMILES string of the molecule is c1ccc(N(c2ccccc2)c2c3ccccc3cc3c4ccccc4n(-c4ccccc4)c23)cc1. The van der Waals surface area contributed by atoms with Gasteiger partial charge in [-0.25, -0.2) is 0 Å². The second kappa shape index (κ2) is 8.44. The van der Waals surface area contributed by atoms with E-state index in [1.54, 1.807) is 0 Å². The molecule has 0 spiro atoms. The van der Waals surface area contributed by atoms with Crippen LogP contribution in [0.15, 0.2) is 146 Å². The highest BCUT2D eigenvalue weighted by atomic mass is 15.2. The molecule has 0 atom stereocenters. The summed E-state index contributed by atoms with van der Waals surface area (Å²) in [6.07, 6.45) is 0. The van der Waals surface area contributed by atoms with Crippen LogP contribution in [0.4, 0.5) is 17.1 Å². The standard InChI is InChI=1S/C34H24N2/c1-4-15-26(16-5-1)35(27-17-6-2-7-18-27)33-29-21-11-10-14-25(29)24-31-30-22-12-13-23-32(30)36(34(31)33)28-19-8-3-9-20-28/h1-24H. The van der Waals surface area contributed by atoms with E-state index in [1.807, 2.05) is 0 Å². The first-order valence-corrected chi connectivity index (χ1v) is 12.3. The van der Waals surface area contributed by atoms with Crippen molar-refractivity contribution in [3.8, 4) is 5.69 Å². The summed E-state index contributed by atoms with van der Waals surface area (Å²) in [6.45, 7) is 0. The molecule has 0 amide bonds. The van der Waals surface area contributed by atoms with E-state index < -0.39 is 0 Å². The highest BCUT2D eigenvalue weighted by molar-refractivity contribution is 6.22. The zero-order valence-corrected chi connectivity index (χ0v) is 19.8. The molecule has 7 aromatic rings. The molecule has 0 aliphatic carbocycles. The van der Waals surface area contributed by atoms with E-state index in [9.17, 15) is 0 Å². The molecule has 0 aliphatic rings. The quantitative estimate of drug-likeness (QED) is 0.254. The number of anilines is 3. The van der Waals surface area contributed by atoms with E-state index in [0.29, 0.717) is 0 Å². The number of aromatic nitrogens is 1. The van der Waals surface area contributed by atoms with Gasteiger partial charge < -0.3 is 9.47 Å². The van der Waals surface area contributed by atoms with Gasteiger partial charge in [0.25, 0.3) is 0 Å². The van der Waals surface area contributed by atoms with E-state index in [4.69, 9.17) is 0 Å². The van der Waals surface area contributed by atoms with Crippen LogP contribution >= 0.6 is 0 Å². The van der Waals surface area contributed by atoms with Crippen molar-refractivity contribution < 1.29 is 0 Å². The van der Waals surface area contributed by atoms with Crippen molar-refractivity contribution in [1.29, 1.82) is 0 Å². The molecule has 0 saturated heterocycles. The number of hydrogen-bond donors (Lipinski definition) is 0. The van der Waals surface area contributed by atoms with Crippen LogP contribution in [0.5, 0.6) is 0 Å². The van der Waals surface area contributed by atoms with Crippen molar-refractivity contribution in [3.05, 3.63) is 146 Å². The Balaban J connectivity index is 1.73. The van der Waals surface area contributed by atoms with Crippen LogP contribution in [0.3, 0.4) is 0 Å². The second-order valence-corrected chi connectivity index (χ2v) is 9.04. The molecule has 0 bridgehead atoms. The topological polar surface area (TPSA) is 8.17 Å². The highest BCUT2D eigenvalue weighted by Crippen LogP contribution is 2.47. The van der Waals surface area contributed by atoms with Gasteiger partial charge in [-0.05, 0) is 53.9 Å². The number of para-hydroxylation sites is 4. The largest absolute Gasteiger partial charge is 0.308 e. The zero-order chi connectivity index (χ0) is 23.9. The maximum Gasteiger partial charge on any atom is 0.0789 e. The van der Waals surface area contributed by atoms with Gasteiger partial charge in [-0.1, -0.05) is 97.1 Å². The van der Waals surface area contributed by atoms with Crippen molar-refractivity contribution >= 4 is 49.6 Å². The molecule has 2 heteroatoms. The van der Waals surface area contributed by atoms with Gasteiger partial charge in [0.15, 0.2) is 0 Å². The summed E-state index contributed by atoms with van der Waals surface area (Å²) in [4.78, 5) is 2.41. The molecule has 7 rings (SSSR count). The number of nitrogens with zero attached hydrogens (tertiary/aromatic N) is 2. The number of hydrogen-bond acceptors (Lipinski definition) is 1. The van der Waals surface area contributed by atoms with E-state index in [0.717, 1.165) is 17.1 Å². The van der Waals surface area contributed by atoms with Crippen LogP contribution < -0.4 is 4.90 Å². The van der Waals surface area contributed by atoms with Gasteiger partial charge in [-0.15, -0.1) is 0 Å². The van der Waals surface area contributed by atoms with Crippen LogP contribution in [-0.4, -0.2) is 4.57 Å². The van der Waals surface area contributed by atoms with Crippen molar-refractivity contribution in [2.75, 3.05) is 4.90 Å². The first-order chi connectivity index (χ1) is 17.9. The number of fused-ring (bicyclic) bond motifs is 4. The number of rotatable bonds is 4. The lowest BCUT2D eigenvalue weighted by Crippen LogP contribution is -2.12. The second-order valence-electron chi connectivity index (χ2n) is 9.04. The Morgan fingerprint density at radius 1 is 0.444 bits per heavy atom. The molecule has 2 nitrogen and oxygen atoms in total. The van der Waals surface area contributed by atoms with Gasteiger partial charge in [0.2, 0.25) is 0 Å². The summed E-state index contributed by atoms with van der Waals surface area (Å²) in [7, 11) is 0. The Morgan fingerprint density at radius 3 is 1.64 bits per heavy atom. The molecule has 170 valence electrons. The van der Waals surface area contributed by atoms with Crippen molar-refractivity contribution in [2.45, 2.75) is 0 Å². The lowest BCUT2D eigenvalue weighted by molar-refractivity contribution is 1.17. The molecule has 6 aromatic carbocycles. The summed E-state index contributed by atoms with van der Waals surface area (Å²) in [5, 5.41) is 4.95. The molecular weight excluding hydrogens is 436 g/mol.